The molecule has 5 rings (SSSR count). The Kier molecular flexibility index (Phi) is 6.44. The highest BCUT2D eigenvalue weighted by atomic mass is 35.5. The van der Waals surface area contributed by atoms with Gasteiger partial charge < -0.3 is 9.84 Å². The number of carboxylic acid groups (broad SMARTS) is 1. The highest BCUT2D eigenvalue weighted by Gasteiger charge is 2.29. The van der Waals surface area contributed by atoms with E-state index in [9.17, 15) is 14.7 Å². The number of nitrogens with one attached hydrogen (secondary N) is 1. The second-order valence-corrected chi connectivity index (χ2v) is 9.38. The highest BCUT2D eigenvalue weighted by Crippen LogP contribution is 2.44. The van der Waals surface area contributed by atoms with Gasteiger partial charge in [-0.25, -0.2) is 14.6 Å². The van der Waals surface area contributed by atoms with Crippen LogP contribution in [0.5, 0.6) is 0 Å². The SMILES string of the molecule is O=C(Nc1cc(C(=O)O)ccc1Sc1ccc(Cl)cn1)OCC1c2ccccc2-c2ccccc21. The first kappa shape index (κ1) is 23.0. The number of halogens is 1. The van der Waals surface area contributed by atoms with Crippen LogP contribution in [0.4, 0.5) is 10.5 Å². The van der Waals surface area contributed by atoms with Gasteiger partial charge in [-0.2, -0.15) is 0 Å². The molecular weight excluding hydrogens is 484 g/mol. The van der Waals surface area contributed by atoms with Crippen molar-refractivity contribution >= 4 is 41.1 Å². The summed E-state index contributed by atoms with van der Waals surface area (Å²) in [7, 11) is 0. The average molecular weight is 503 g/mol. The minimum absolute atomic E-state index is 0.0485. The van der Waals surface area contributed by atoms with Crippen molar-refractivity contribution in [2.45, 2.75) is 15.8 Å². The molecule has 1 aliphatic rings. The highest BCUT2D eigenvalue weighted by molar-refractivity contribution is 7.99. The van der Waals surface area contributed by atoms with Crippen molar-refractivity contribution < 1.29 is 19.4 Å². The third-order valence-electron chi connectivity index (χ3n) is 5.72. The summed E-state index contributed by atoms with van der Waals surface area (Å²) in [6.45, 7) is 0.152. The Bertz CT molecular complexity index is 1380. The zero-order valence-corrected chi connectivity index (χ0v) is 19.8. The molecule has 4 aromatic rings. The monoisotopic (exact) mass is 502 g/mol. The molecule has 3 aromatic carbocycles. The first-order chi connectivity index (χ1) is 17.0. The lowest BCUT2D eigenvalue weighted by molar-refractivity contribution is 0.0696. The molecule has 1 aliphatic carbocycles. The maximum atomic E-state index is 12.8. The number of hydrogen-bond acceptors (Lipinski definition) is 5. The number of carbonyl (C=O) groups excluding carboxylic acids is 1. The van der Waals surface area contributed by atoms with E-state index in [2.05, 4.69) is 22.4 Å². The first-order valence-electron chi connectivity index (χ1n) is 10.8. The number of carboxylic acids is 1. The fourth-order valence-electron chi connectivity index (χ4n) is 4.13. The van der Waals surface area contributed by atoms with Crippen LogP contribution < -0.4 is 5.32 Å². The second-order valence-electron chi connectivity index (χ2n) is 7.88. The number of anilines is 1. The predicted octanol–water partition coefficient (Wildman–Crippen LogP) is 6.95. The molecule has 0 atom stereocenters. The van der Waals surface area contributed by atoms with Crippen LogP contribution in [-0.2, 0) is 4.74 Å². The van der Waals surface area contributed by atoms with E-state index in [1.165, 1.54) is 30.1 Å². The average Bonchev–Trinajstić information content (AvgIpc) is 3.19. The molecule has 0 saturated carbocycles. The summed E-state index contributed by atoms with van der Waals surface area (Å²) in [5.41, 5.74) is 4.87. The molecule has 6 nitrogen and oxygen atoms in total. The Labute approximate surface area is 210 Å². The first-order valence-corrected chi connectivity index (χ1v) is 12.0. The molecule has 1 amide bonds. The molecule has 0 spiro atoms. The Morgan fingerprint density at radius 1 is 0.971 bits per heavy atom. The van der Waals surface area contributed by atoms with Crippen LogP contribution in [0.2, 0.25) is 5.02 Å². The summed E-state index contributed by atoms with van der Waals surface area (Å²) >= 11 is 7.19. The lowest BCUT2D eigenvalue weighted by atomic mass is 9.98. The normalized spacial score (nSPS) is 12.0. The molecule has 0 bridgehead atoms. The molecular formula is C27H19ClN2O4S. The number of aromatic carboxylic acids is 1. The Morgan fingerprint density at radius 2 is 1.66 bits per heavy atom. The summed E-state index contributed by atoms with van der Waals surface area (Å²) in [4.78, 5) is 29.2. The Balaban J connectivity index is 1.34. The number of pyridine rings is 1. The van der Waals surface area contributed by atoms with Gasteiger partial charge in [-0.3, -0.25) is 5.32 Å². The van der Waals surface area contributed by atoms with E-state index in [-0.39, 0.29) is 18.1 Å². The third-order valence-corrected chi connectivity index (χ3v) is 6.97. The van der Waals surface area contributed by atoms with E-state index >= 15 is 0 Å². The number of hydrogen-bond donors (Lipinski definition) is 2. The van der Waals surface area contributed by atoms with Crippen molar-refractivity contribution in [1.82, 2.24) is 4.98 Å². The van der Waals surface area contributed by atoms with Crippen molar-refractivity contribution in [2.24, 2.45) is 0 Å². The molecule has 0 saturated heterocycles. The molecule has 0 unspecified atom stereocenters. The standard InChI is InChI=1S/C27H19ClN2O4S/c28-17-10-12-25(29-14-17)35-24-11-9-16(26(31)32)13-23(24)30-27(33)34-15-22-20-7-3-1-5-18(20)19-6-2-4-8-21(19)22/h1-14,22H,15H2,(H,30,33)(H,31,32). The molecule has 2 N–H and O–H groups in total. The number of nitrogens with zero attached hydrogens (tertiary/aromatic N) is 1. The predicted molar refractivity (Wildman–Crippen MR) is 135 cm³/mol. The fraction of sp³-hybridized carbons (Fsp3) is 0.0741. The third kappa shape index (κ3) is 4.87. The number of fused-ring (bicyclic) bond motifs is 3. The Morgan fingerprint density at radius 3 is 2.29 bits per heavy atom. The lowest BCUT2D eigenvalue weighted by Gasteiger charge is -2.16. The molecule has 174 valence electrons. The van der Waals surface area contributed by atoms with Crippen LogP contribution in [0, 0.1) is 0 Å². The van der Waals surface area contributed by atoms with Crippen LogP contribution in [-0.4, -0.2) is 28.8 Å². The number of benzene rings is 3. The quantitative estimate of drug-likeness (QED) is 0.296. The number of carbonyl (C=O) groups is 2. The summed E-state index contributed by atoms with van der Waals surface area (Å²) in [5, 5.41) is 13.3. The number of rotatable bonds is 6. The van der Waals surface area contributed by atoms with Crippen LogP contribution in [0.15, 0.2) is 95.0 Å². The maximum absolute atomic E-state index is 12.8. The van der Waals surface area contributed by atoms with Crippen molar-refractivity contribution in [1.29, 1.82) is 0 Å². The summed E-state index contributed by atoms with van der Waals surface area (Å²) in [5.74, 6) is -1.17. The Hall–Kier alpha value is -3.81. The van der Waals surface area contributed by atoms with Gasteiger partial charge in [-0.15, -0.1) is 0 Å². The summed E-state index contributed by atoms with van der Waals surface area (Å²) in [6.07, 6.45) is 0.856. The molecule has 35 heavy (non-hydrogen) atoms. The second kappa shape index (κ2) is 9.82. The van der Waals surface area contributed by atoms with Gasteiger partial charge in [0.1, 0.15) is 11.6 Å². The van der Waals surface area contributed by atoms with Gasteiger partial charge in [0.05, 0.1) is 16.3 Å². The molecule has 0 radical (unpaired) electrons. The molecule has 1 aromatic heterocycles. The van der Waals surface area contributed by atoms with Gasteiger partial charge in [-0.05, 0) is 52.6 Å². The van der Waals surface area contributed by atoms with E-state index in [0.29, 0.717) is 20.6 Å². The van der Waals surface area contributed by atoms with Gasteiger partial charge in [0.25, 0.3) is 0 Å². The number of amides is 1. The van der Waals surface area contributed by atoms with Crippen molar-refractivity contribution in [2.75, 3.05) is 11.9 Å². The van der Waals surface area contributed by atoms with E-state index in [0.717, 1.165) is 22.3 Å². The van der Waals surface area contributed by atoms with Crippen LogP contribution in [0.1, 0.15) is 27.4 Å². The minimum Gasteiger partial charge on any atom is -0.478 e. The van der Waals surface area contributed by atoms with Gasteiger partial charge in [0.15, 0.2) is 0 Å². The van der Waals surface area contributed by atoms with E-state index < -0.39 is 12.1 Å². The van der Waals surface area contributed by atoms with E-state index in [1.54, 1.807) is 18.2 Å². The molecule has 0 aliphatic heterocycles. The zero-order chi connectivity index (χ0) is 24.4. The number of aromatic nitrogens is 1. The van der Waals surface area contributed by atoms with Gasteiger partial charge in [-0.1, -0.05) is 71.9 Å². The topological polar surface area (TPSA) is 88.5 Å². The van der Waals surface area contributed by atoms with Crippen molar-refractivity contribution in [3.8, 4) is 11.1 Å². The van der Waals surface area contributed by atoms with E-state index in [1.807, 2.05) is 36.4 Å². The van der Waals surface area contributed by atoms with Crippen LogP contribution in [0.25, 0.3) is 11.1 Å². The fourth-order valence-corrected chi connectivity index (χ4v) is 5.06. The van der Waals surface area contributed by atoms with Crippen molar-refractivity contribution in [3.05, 3.63) is 107 Å². The molecule has 0 fully saturated rings. The zero-order valence-electron chi connectivity index (χ0n) is 18.3. The largest absolute Gasteiger partial charge is 0.478 e. The number of ether oxygens (including phenoxy) is 1. The van der Waals surface area contributed by atoms with Crippen molar-refractivity contribution in [3.63, 3.8) is 0 Å². The summed E-state index contributed by atoms with van der Waals surface area (Å²) < 4.78 is 5.63. The van der Waals surface area contributed by atoms with Gasteiger partial charge >= 0.3 is 12.1 Å². The molecule has 8 heteroatoms. The lowest BCUT2D eigenvalue weighted by Crippen LogP contribution is -2.18. The van der Waals surface area contributed by atoms with E-state index in [4.69, 9.17) is 16.3 Å². The minimum atomic E-state index is -1.10. The van der Waals surface area contributed by atoms with Crippen LogP contribution >= 0.6 is 23.4 Å². The molecule has 1 heterocycles. The smallest absolute Gasteiger partial charge is 0.411 e. The van der Waals surface area contributed by atoms with Gasteiger partial charge in [0.2, 0.25) is 0 Å². The maximum Gasteiger partial charge on any atom is 0.411 e. The summed E-state index contributed by atoms with van der Waals surface area (Å²) in [6, 6.07) is 24.1. The van der Waals surface area contributed by atoms with Gasteiger partial charge in [0, 0.05) is 17.0 Å². The van der Waals surface area contributed by atoms with Crippen LogP contribution in [0.3, 0.4) is 0 Å².